The quantitative estimate of drug-likeness (QED) is 0.619. The van der Waals surface area contributed by atoms with Crippen molar-refractivity contribution in [2.45, 2.75) is 33.3 Å². The van der Waals surface area contributed by atoms with Crippen LogP contribution in [-0.4, -0.2) is 17.8 Å². The molecule has 2 atom stereocenters. The lowest BCUT2D eigenvalue weighted by atomic mass is 9.94. The SMILES string of the molecule is CC(C)CC(C)C(O)CN. The number of hydrogen-bond donors (Lipinski definition) is 2. The molecule has 0 saturated carbocycles. The molecule has 3 N–H and O–H groups in total. The van der Waals surface area contributed by atoms with Gasteiger partial charge in [0.1, 0.15) is 0 Å². The molecule has 0 bridgehead atoms. The van der Waals surface area contributed by atoms with E-state index in [-0.39, 0.29) is 6.10 Å². The minimum absolute atomic E-state index is 0.317. The first kappa shape index (κ1) is 9.92. The van der Waals surface area contributed by atoms with Crippen LogP contribution in [0.1, 0.15) is 27.2 Å². The summed E-state index contributed by atoms with van der Waals surface area (Å²) in [6.07, 6.45) is 0.737. The average molecular weight is 145 g/mol. The molecule has 0 saturated heterocycles. The zero-order valence-electron chi connectivity index (χ0n) is 7.17. The van der Waals surface area contributed by atoms with Crippen molar-refractivity contribution in [2.75, 3.05) is 6.54 Å². The summed E-state index contributed by atoms with van der Waals surface area (Å²) in [5.74, 6) is 0.987. The molecule has 62 valence electrons. The van der Waals surface area contributed by atoms with Crippen molar-refractivity contribution >= 4 is 0 Å². The van der Waals surface area contributed by atoms with Crippen LogP contribution in [0.4, 0.5) is 0 Å². The minimum atomic E-state index is -0.317. The minimum Gasteiger partial charge on any atom is -0.392 e. The lowest BCUT2D eigenvalue weighted by molar-refractivity contribution is 0.112. The van der Waals surface area contributed by atoms with Gasteiger partial charge in [0.25, 0.3) is 0 Å². The van der Waals surface area contributed by atoms with Gasteiger partial charge in [-0.15, -0.1) is 0 Å². The summed E-state index contributed by atoms with van der Waals surface area (Å²) in [5, 5.41) is 9.25. The molecule has 0 radical (unpaired) electrons. The molecule has 0 amide bonds. The molecule has 0 aromatic heterocycles. The molecule has 0 aliphatic carbocycles. The van der Waals surface area contributed by atoms with Crippen molar-refractivity contribution in [3.8, 4) is 0 Å². The fourth-order valence-electron chi connectivity index (χ4n) is 1.13. The largest absolute Gasteiger partial charge is 0.392 e. The molecular formula is C8H19NO. The maximum Gasteiger partial charge on any atom is 0.0688 e. The van der Waals surface area contributed by atoms with Gasteiger partial charge >= 0.3 is 0 Å². The average Bonchev–Trinajstić information content (AvgIpc) is 1.85. The van der Waals surface area contributed by atoms with Gasteiger partial charge in [0.2, 0.25) is 0 Å². The van der Waals surface area contributed by atoms with E-state index >= 15 is 0 Å². The summed E-state index contributed by atoms with van der Waals surface area (Å²) in [6.45, 7) is 6.73. The van der Waals surface area contributed by atoms with Gasteiger partial charge < -0.3 is 10.8 Å². The summed E-state index contributed by atoms with van der Waals surface area (Å²) in [4.78, 5) is 0. The second kappa shape index (κ2) is 4.69. The zero-order valence-corrected chi connectivity index (χ0v) is 7.17. The lowest BCUT2D eigenvalue weighted by Gasteiger charge is -2.18. The molecule has 0 aliphatic rings. The Kier molecular flexibility index (Phi) is 4.65. The van der Waals surface area contributed by atoms with E-state index in [9.17, 15) is 5.11 Å². The fraction of sp³-hybridized carbons (Fsp3) is 1.00. The van der Waals surface area contributed by atoms with Gasteiger partial charge in [0.05, 0.1) is 6.10 Å². The highest BCUT2D eigenvalue weighted by molar-refractivity contribution is 4.65. The van der Waals surface area contributed by atoms with Crippen LogP contribution in [0.3, 0.4) is 0 Å². The first-order valence-corrected chi connectivity index (χ1v) is 3.96. The summed E-state index contributed by atoms with van der Waals surface area (Å²) in [7, 11) is 0. The Bertz CT molecular complexity index is 83.3. The summed E-state index contributed by atoms with van der Waals surface area (Å²) in [5.41, 5.74) is 5.30. The molecule has 10 heavy (non-hydrogen) atoms. The third kappa shape index (κ3) is 3.85. The molecule has 2 unspecified atom stereocenters. The third-order valence-electron chi connectivity index (χ3n) is 1.74. The molecular weight excluding hydrogens is 126 g/mol. The molecule has 0 aliphatic heterocycles. The van der Waals surface area contributed by atoms with Crippen molar-refractivity contribution in [3.05, 3.63) is 0 Å². The van der Waals surface area contributed by atoms with Crippen molar-refractivity contribution in [1.82, 2.24) is 0 Å². The Hall–Kier alpha value is -0.0800. The monoisotopic (exact) mass is 145 g/mol. The Balaban J connectivity index is 3.50. The number of aliphatic hydroxyl groups excluding tert-OH is 1. The van der Waals surface area contributed by atoms with Gasteiger partial charge in [-0.1, -0.05) is 20.8 Å². The predicted molar refractivity (Wildman–Crippen MR) is 43.7 cm³/mol. The van der Waals surface area contributed by atoms with Crippen LogP contribution in [-0.2, 0) is 0 Å². The van der Waals surface area contributed by atoms with Crippen LogP contribution in [0.5, 0.6) is 0 Å². The van der Waals surface area contributed by atoms with E-state index in [4.69, 9.17) is 5.73 Å². The number of hydrogen-bond acceptors (Lipinski definition) is 2. The molecule has 0 fully saturated rings. The van der Waals surface area contributed by atoms with Crippen LogP contribution >= 0.6 is 0 Å². The lowest BCUT2D eigenvalue weighted by Crippen LogP contribution is -2.27. The van der Waals surface area contributed by atoms with Gasteiger partial charge in [-0.3, -0.25) is 0 Å². The van der Waals surface area contributed by atoms with E-state index in [1.54, 1.807) is 0 Å². The van der Waals surface area contributed by atoms with E-state index in [0.717, 1.165) is 6.42 Å². The summed E-state index contributed by atoms with van der Waals surface area (Å²) < 4.78 is 0. The highest BCUT2D eigenvalue weighted by Gasteiger charge is 2.12. The molecule has 0 aromatic rings. The number of nitrogens with two attached hydrogens (primary N) is 1. The summed E-state index contributed by atoms with van der Waals surface area (Å²) in [6, 6.07) is 0. The molecule has 0 spiro atoms. The van der Waals surface area contributed by atoms with Crippen molar-refractivity contribution in [3.63, 3.8) is 0 Å². The molecule has 2 heteroatoms. The normalized spacial score (nSPS) is 17.4. The van der Waals surface area contributed by atoms with E-state index < -0.39 is 0 Å². The second-order valence-corrected chi connectivity index (χ2v) is 3.41. The van der Waals surface area contributed by atoms with Crippen molar-refractivity contribution < 1.29 is 5.11 Å². The standard InChI is InChI=1S/C8H19NO/c1-6(2)4-7(3)8(10)5-9/h6-8,10H,4-5,9H2,1-3H3. The van der Waals surface area contributed by atoms with Crippen LogP contribution in [0.25, 0.3) is 0 Å². The van der Waals surface area contributed by atoms with Crippen molar-refractivity contribution in [2.24, 2.45) is 17.6 Å². The predicted octanol–water partition coefficient (Wildman–Crippen LogP) is 0.988. The zero-order chi connectivity index (χ0) is 8.15. The van der Waals surface area contributed by atoms with Gasteiger partial charge in [-0.2, -0.15) is 0 Å². The van der Waals surface area contributed by atoms with Gasteiger partial charge in [0.15, 0.2) is 0 Å². The van der Waals surface area contributed by atoms with Crippen LogP contribution < -0.4 is 5.73 Å². The summed E-state index contributed by atoms with van der Waals surface area (Å²) >= 11 is 0. The highest BCUT2D eigenvalue weighted by atomic mass is 16.3. The Morgan fingerprint density at radius 1 is 1.30 bits per heavy atom. The number of aliphatic hydroxyl groups is 1. The fourth-order valence-corrected chi connectivity index (χ4v) is 1.13. The topological polar surface area (TPSA) is 46.2 Å². The van der Waals surface area contributed by atoms with Crippen LogP contribution in [0.2, 0.25) is 0 Å². The first-order chi connectivity index (χ1) is 4.57. The van der Waals surface area contributed by atoms with Crippen LogP contribution in [0.15, 0.2) is 0 Å². The van der Waals surface area contributed by atoms with Gasteiger partial charge in [0, 0.05) is 6.54 Å². The van der Waals surface area contributed by atoms with Gasteiger partial charge in [-0.05, 0) is 18.3 Å². The van der Waals surface area contributed by atoms with E-state index in [2.05, 4.69) is 13.8 Å². The number of rotatable bonds is 4. The second-order valence-electron chi connectivity index (χ2n) is 3.41. The highest BCUT2D eigenvalue weighted by Crippen LogP contribution is 2.13. The van der Waals surface area contributed by atoms with Crippen LogP contribution in [0, 0.1) is 11.8 Å². The third-order valence-corrected chi connectivity index (χ3v) is 1.74. The maximum atomic E-state index is 9.25. The maximum absolute atomic E-state index is 9.25. The van der Waals surface area contributed by atoms with E-state index in [1.165, 1.54) is 0 Å². The molecule has 0 aromatic carbocycles. The Labute approximate surface area is 63.4 Å². The smallest absolute Gasteiger partial charge is 0.0688 e. The first-order valence-electron chi connectivity index (χ1n) is 3.96. The molecule has 0 rings (SSSR count). The van der Waals surface area contributed by atoms with E-state index in [1.807, 2.05) is 6.92 Å². The van der Waals surface area contributed by atoms with Gasteiger partial charge in [-0.25, -0.2) is 0 Å². The Morgan fingerprint density at radius 2 is 1.80 bits per heavy atom. The van der Waals surface area contributed by atoms with Crippen molar-refractivity contribution in [1.29, 1.82) is 0 Å². The molecule has 0 heterocycles. The molecule has 2 nitrogen and oxygen atoms in total. The van der Waals surface area contributed by atoms with E-state index in [0.29, 0.717) is 18.4 Å². The Morgan fingerprint density at radius 3 is 2.10 bits per heavy atom.